The van der Waals surface area contributed by atoms with Crippen molar-refractivity contribution in [2.24, 2.45) is 22.5 Å². The molecule has 3 atom stereocenters. The molecule has 3 unspecified atom stereocenters. The van der Waals surface area contributed by atoms with E-state index >= 15 is 0 Å². The first-order valence-electron chi connectivity index (χ1n) is 7.86. The summed E-state index contributed by atoms with van der Waals surface area (Å²) < 4.78 is 10.6. The summed E-state index contributed by atoms with van der Waals surface area (Å²) in [4.78, 5) is 24.4. The van der Waals surface area contributed by atoms with Gasteiger partial charge in [0.25, 0.3) is 0 Å². The predicted molar refractivity (Wildman–Crippen MR) is 82.0 cm³/mol. The molecule has 1 amide bonds. The molecule has 0 aromatic carbocycles. The monoisotopic (exact) mass is 312 g/mol. The highest BCUT2D eigenvalue weighted by Gasteiger charge is 2.70. The lowest BCUT2D eigenvalue weighted by Crippen LogP contribution is -2.82. The van der Waals surface area contributed by atoms with Crippen molar-refractivity contribution < 1.29 is 19.1 Å². The number of ether oxygens (including phenoxy) is 2. The number of esters is 1. The number of carbonyl (C=O) groups excluding carboxylic acids is 2. The molecule has 0 radical (unpaired) electrons. The van der Waals surface area contributed by atoms with Crippen molar-refractivity contribution in [3.8, 4) is 0 Å². The van der Waals surface area contributed by atoms with E-state index in [1.807, 2.05) is 13.8 Å². The Balaban J connectivity index is 2.07. The fraction of sp³-hybridized carbons (Fsp3) is 0.875. The first kappa shape index (κ1) is 17.2. The van der Waals surface area contributed by atoms with Crippen molar-refractivity contribution >= 4 is 11.9 Å². The molecule has 1 saturated heterocycles. The van der Waals surface area contributed by atoms with Crippen molar-refractivity contribution in [1.82, 2.24) is 5.32 Å². The number of nitrogens with one attached hydrogen (secondary N) is 1. The van der Waals surface area contributed by atoms with Gasteiger partial charge in [0.15, 0.2) is 0 Å². The maximum Gasteiger partial charge on any atom is 0.313 e. The molecule has 2 rings (SSSR count). The molecule has 3 N–H and O–H groups in total. The molecule has 1 heterocycles. The largest absolute Gasteiger partial charge is 0.469 e. The van der Waals surface area contributed by atoms with E-state index < -0.39 is 16.4 Å². The normalized spacial score (nSPS) is 33.4. The molecule has 126 valence electrons. The van der Waals surface area contributed by atoms with Crippen LogP contribution < -0.4 is 11.1 Å². The third-order valence-corrected chi connectivity index (χ3v) is 5.49. The van der Waals surface area contributed by atoms with Gasteiger partial charge >= 0.3 is 5.97 Å². The second kappa shape index (κ2) is 5.49. The Bertz CT molecular complexity index is 475. The average Bonchev–Trinajstić information content (AvgIpc) is 2.50. The third kappa shape index (κ3) is 2.33. The highest BCUT2D eigenvalue weighted by atomic mass is 16.5. The SMILES string of the molecule is COC(=O)C(C)(C)CNC(=O)C1(N)C2CCCOC2C1(C)C. The van der Waals surface area contributed by atoms with Crippen LogP contribution in [0.3, 0.4) is 0 Å². The average molecular weight is 312 g/mol. The zero-order valence-electron chi connectivity index (χ0n) is 14.2. The van der Waals surface area contributed by atoms with E-state index in [2.05, 4.69) is 5.32 Å². The van der Waals surface area contributed by atoms with E-state index in [0.29, 0.717) is 0 Å². The summed E-state index contributed by atoms with van der Waals surface area (Å²) in [5.41, 5.74) is 4.35. The van der Waals surface area contributed by atoms with Crippen LogP contribution in [0.5, 0.6) is 0 Å². The summed E-state index contributed by atoms with van der Waals surface area (Å²) in [7, 11) is 1.34. The minimum absolute atomic E-state index is 0.0330. The zero-order valence-corrected chi connectivity index (χ0v) is 14.2. The number of hydrogen-bond acceptors (Lipinski definition) is 5. The Labute approximate surface area is 132 Å². The van der Waals surface area contributed by atoms with Crippen LogP contribution in [0.4, 0.5) is 0 Å². The van der Waals surface area contributed by atoms with Gasteiger partial charge in [0, 0.05) is 24.5 Å². The molecule has 1 aliphatic heterocycles. The third-order valence-electron chi connectivity index (χ3n) is 5.49. The van der Waals surface area contributed by atoms with Crippen LogP contribution in [0.1, 0.15) is 40.5 Å². The molecule has 2 fully saturated rings. The van der Waals surface area contributed by atoms with Gasteiger partial charge in [0.1, 0.15) is 5.54 Å². The van der Waals surface area contributed by atoms with Gasteiger partial charge in [-0.3, -0.25) is 9.59 Å². The minimum Gasteiger partial charge on any atom is -0.469 e. The van der Waals surface area contributed by atoms with Gasteiger partial charge in [-0.05, 0) is 26.7 Å². The van der Waals surface area contributed by atoms with Crippen molar-refractivity contribution in [1.29, 1.82) is 0 Å². The fourth-order valence-corrected chi connectivity index (χ4v) is 3.83. The number of hydrogen-bond donors (Lipinski definition) is 2. The zero-order chi connectivity index (χ0) is 16.8. The molecule has 2 aliphatic rings. The van der Waals surface area contributed by atoms with Crippen LogP contribution in [0.2, 0.25) is 0 Å². The first-order chi connectivity index (χ1) is 10.1. The topological polar surface area (TPSA) is 90.7 Å². The molecule has 0 bridgehead atoms. The van der Waals surface area contributed by atoms with E-state index in [0.717, 1.165) is 19.4 Å². The number of fused-ring (bicyclic) bond motifs is 1. The highest BCUT2D eigenvalue weighted by Crippen LogP contribution is 2.57. The van der Waals surface area contributed by atoms with Gasteiger partial charge in [0.05, 0.1) is 18.6 Å². The lowest BCUT2D eigenvalue weighted by molar-refractivity contribution is -0.225. The summed E-state index contributed by atoms with van der Waals surface area (Å²) in [5.74, 6) is -0.524. The molecule has 1 saturated carbocycles. The molecule has 6 nitrogen and oxygen atoms in total. The Morgan fingerprint density at radius 1 is 1.41 bits per heavy atom. The summed E-state index contributed by atoms with van der Waals surface area (Å²) in [6, 6.07) is 0. The first-order valence-corrected chi connectivity index (χ1v) is 7.86. The fourth-order valence-electron chi connectivity index (χ4n) is 3.83. The van der Waals surface area contributed by atoms with E-state index in [1.165, 1.54) is 7.11 Å². The van der Waals surface area contributed by atoms with Crippen LogP contribution in [0.15, 0.2) is 0 Å². The van der Waals surface area contributed by atoms with Crippen molar-refractivity contribution in [3.05, 3.63) is 0 Å². The van der Waals surface area contributed by atoms with E-state index in [9.17, 15) is 9.59 Å². The van der Waals surface area contributed by atoms with Crippen LogP contribution in [-0.2, 0) is 19.1 Å². The summed E-state index contributed by atoms with van der Waals surface area (Å²) >= 11 is 0. The molecule has 0 aromatic heterocycles. The Morgan fingerprint density at radius 3 is 2.64 bits per heavy atom. The summed E-state index contributed by atoms with van der Waals surface area (Å²) in [5, 5.41) is 2.85. The van der Waals surface area contributed by atoms with E-state index in [-0.39, 0.29) is 30.4 Å². The number of amides is 1. The summed E-state index contributed by atoms with van der Waals surface area (Å²) in [6.45, 7) is 8.36. The number of nitrogens with two attached hydrogens (primary N) is 1. The van der Waals surface area contributed by atoms with Gasteiger partial charge in [-0.2, -0.15) is 0 Å². The van der Waals surface area contributed by atoms with Gasteiger partial charge in [0.2, 0.25) is 5.91 Å². The standard InChI is InChI=1S/C16H28N2O4/c1-14(2,13(20)21-5)9-18-12(19)16(17)10-7-6-8-22-11(10)15(16,3)4/h10-11H,6-9,17H2,1-5H3,(H,18,19). The second-order valence-corrected chi connectivity index (χ2v) is 7.69. The van der Waals surface area contributed by atoms with Gasteiger partial charge in [-0.25, -0.2) is 0 Å². The molecule has 6 heteroatoms. The number of rotatable bonds is 4. The predicted octanol–water partition coefficient (Wildman–Crippen LogP) is 0.834. The van der Waals surface area contributed by atoms with Crippen molar-refractivity contribution in [2.75, 3.05) is 20.3 Å². The van der Waals surface area contributed by atoms with Gasteiger partial charge in [-0.15, -0.1) is 0 Å². The Morgan fingerprint density at radius 2 is 2.05 bits per heavy atom. The van der Waals surface area contributed by atoms with Crippen LogP contribution in [-0.4, -0.2) is 43.8 Å². The molecule has 1 aliphatic carbocycles. The smallest absolute Gasteiger partial charge is 0.313 e. The molecule has 0 spiro atoms. The molecule has 22 heavy (non-hydrogen) atoms. The van der Waals surface area contributed by atoms with Gasteiger partial charge < -0.3 is 20.5 Å². The molecular formula is C16H28N2O4. The van der Waals surface area contributed by atoms with Crippen molar-refractivity contribution in [2.45, 2.75) is 52.2 Å². The number of carbonyl (C=O) groups is 2. The van der Waals surface area contributed by atoms with Crippen LogP contribution in [0.25, 0.3) is 0 Å². The lowest BCUT2D eigenvalue weighted by atomic mass is 9.46. The summed E-state index contributed by atoms with van der Waals surface area (Å²) in [6.07, 6.45) is 1.86. The van der Waals surface area contributed by atoms with E-state index in [4.69, 9.17) is 15.2 Å². The Kier molecular flexibility index (Phi) is 4.30. The maximum atomic E-state index is 12.7. The number of methoxy groups -OCH3 is 1. The Hall–Kier alpha value is -1.14. The quantitative estimate of drug-likeness (QED) is 0.751. The highest BCUT2D eigenvalue weighted by molar-refractivity contribution is 5.90. The van der Waals surface area contributed by atoms with Crippen LogP contribution >= 0.6 is 0 Å². The minimum atomic E-state index is -0.954. The molecular weight excluding hydrogens is 284 g/mol. The lowest BCUT2D eigenvalue weighted by Gasteiger charge is -2.65. The van der Waals surface area contributed by atoms with Crippen molar-refractivity contribution in [3.63, 3.8) is 0 Å². The molecule has 0 aromatic rings. The van der Waals surface area contributed by atoms with E-state index in [1.54, 1.807) is 13.8 Å². The van der Waals surface area contributed by atoms with Crippen LogP contribution in [0, 0.1) is 16.7 Å². The van der Waals surface area contributed by atoms with Gasteiger partial charge in [-0.1, -0.05) is 13.8 Å². The maximum absolute atomic E-state index is 12.7. The second-order valence-electron chi connectivity index (χ2n) is 7.69.